The van der Waals surface area contributed by atoms with Crippen LogP contribution in [-0.4, -0.2) is 22.9 Å². The number of anilines is 1. The minimum atomic E-state index is -0.742. The number of phenolic OH excluding ortho intramolecular Hbond substituents is 1. The number of aromatic hydroxyl groups is 1. The second-order valence-electron chi connectivity index (χ2n) is 7.33. The van der Waals surface area contributed by atoms with Gasteiger partial charge in [-0.05, 0) is 47.9 Å². The molecule has 3 aromatic carbocycles. The molecule has 0 spiro atoms. The van der Waals surface area contributed by atoms with Crippen molar-refractivity contribution in [2.75, 3.05) is 11.9 Å². The minimum Gasteiger partial charge on any atom is -0.508 e. The number of hydrogen-bond acceptors (Lipinski definition) is 5. The first kappa shape index (κ1) is 19.8. The van der Waals surface area contributed by atoms with Crippen molar-refractivity contribution in [3.8, 4) is 11.5 Å². The lowest BCUT2D eigenvalue weighted by Gasteiger charge is -2.30. The molecular weight excluding hydrogens is 382 g/mol. The molecule has 0 saturated heterocycles. The summed E-state index contributed by atoms with van der Waals surface area (Å²) >= 11 is 0. The van der Waals surface area contributed by atoms with Crippen molar-refractivity contribution in [2.45, 2.75) is 19.1 Å². The standard InChI is InChI=1S/C24H23NO5/c26-20-9-10-22-21(13-20)23(27)18(15-29-22)11-17-7-4-8-19(12-17)25-24(28)30-14-16-5-2-1-3-6-16/h1-10,12-13,18,23,26-27H,11,14-15H2,(H,25,28). The molecule has 6 nitrogen and oxygen atoms in total. The molecule has 0 fully saturated rings. The highest BCUT2D eigenvalue weighted by atomic mass is 16.5. The van der Waals surface area contributed by atoms with Crippen LogP contribution in [0.15, 0.2) is 72.8 Å². The maximum atomic E-state index is 12.1. The molecule has 3 aromatic rings. The number of hydrogen-bond donors (Lipinski definition) is 3. The highest BCUT2D eigenvalue weighted by Gasteiger charge is 2.29. The summed E-state index contributed by atoms with van der Waals surface area (Å²) in [5.74, 6) is 0.518. The summed E-state index contributed by atoms with van der Waals surface area (Å²) < 4.78 is 11.0. The molecule has 2 unspecified atom stereocenters. The molecule has 1 heterocycles. The lowest BCUT2D eigenvalue weighted by molar-refractivity contribution is 0.0505. The second kappa shape index (κ2) is 8.88. The Bertz CT molecular complexity index is 1020. The normalized spacial score (nSPS) is 17.5. The fourth-order valence-electron chi connectivity index (χ4n) is 3.57. The first-order chi connectivity index (χ1) is 14.6. The monoisotopic (exact) mass is 405 g/mol. The lowest BCUT2D eigenvalue weighted by atomic mass is 9.88. The number of rotatable bonds is 5. The van der Waals surface area contributed by atoms with Gasteiger partial charge in [0, 0.05) is 17.2 Å². The third-order valence-electron chi connectivity index (χ3n) is 5.10. The Morgan fingerprint density at radius 3 is 2.67 bits per heavy atom. The number of carbonyl (C=O) groups is 1. The molecule has 1 aliphatic rings. The van der Waals surface area contributed by atoms with Gasteiger partial charge in [-0.15, -0.1) is 0 Å². The van der Waals surface area contributed by atoms with Crippen molar-refractivity contribution in [3.05, 3.63) is 89.5 Å². The predicted octanol–water partition coefficient (Wildman–Crippen LogP) is 4.43. The van der Waals surface area contributed by atoms with Crippen LogP contribution >= 0.6 is 0 Å². The van der Waals surface area contributed by atoms with Gasteiger partial charge in [0.1, 0.15) is 18.1 Å². The topological polar surface area (TPSA) is 88.0 Å². The van der Waals surface area contributed by atoms with Crippen LogP contribution in [-0.2, 0) is 17.8 Å². The zero-order valence-corrected chi connectivity index (χ0v) is 16.3. The molecule has 1 amide bonds. The third-order valence-corrected chi connectivity index (χ3v) is 5.10. The van der Waals surface area contributed by atoms with Gasteiger partial charge in [-0.25, -0.2) is 4.79 Å². The minimum absolute atomic E-state index is 0.0947. The Hall–Kier alpha value is -3.51. The van der Waals surface area contributed by atoms with Crippen LogP contribution in [0.25, 0.3) is 0 Å². The first-order valence-corrected chi connectivity index (χ1v) is 9.79. The Morgan fingerprint density at radius 1 is 1.03 bits per heavy atom. The Kier molecular flexibility index (Phi) is 5.86. The molecule has 30 heavy (non-hydrogen) atoms. The zero-order chi connectivity index (χ0) is 20.9. The molecule has 2 atom stereocenters. The highest BCUT2D eigenvalue weighted by Crippen LogP contribution is 2.38. The summed E-state index contributed by atoms with van der Waals surface area (Å²) in [5.41, 5.74) is 3.07. The number of fused-ring (bicyclic) bond motifs is 1. The number of nitrogens with one attached hydrogen (secondary N) is 1. The van der Waals surface area contributed by atoms with E-state index in [9.17, 15) is 15.0 Å². The van der Waals surface area contributed by atoms with Crippen LogP contribution in [0.5, 0.6) is 11.5 Å². The number of benzene rings is 3. The van der Waals surface area contributed by atoms with Crippen LogP contribution in [0.4, 0.5) is 10.5 Å². The SMILES string of the molecule is O=C(Nc1cccc(CC2COc3ccc(O)cc3C2O)c1)OCc1ccccc1. The van der Waals surface area contributed by atoms with Gasteiger partial charge >= 0.3 is 6.09 Å². The van der Waals surface area contributed by atoms with Gasteiger partial charge in [-0.2, -0.15) is 0 Å². The maximum Gasteiger partial charge on any atom is 0.411 e. The fourth-order valence-corrected chi connectivity index (χ4v) is 3.57. The number of ether oxygens (including phenoxy) is 2. The number of aliphatic hydroxyl groups excluding tert-OH is 1. The van der Waals surface area contributed by atoms with Crippen LogP contribution in [0, 0.1) is 5.92 Å². The molecule has 6 heteroatoms. The molecule has 0 aromatic heterocycles. The fraction of sp³-hybridized carbons (Fsp3) is 0.208. The molecule has 4 rings (SSSR count). The number of carbonyl (C=O) groups excluding carboxylic acids is 1. The number of amides is 1. The zero-order valence-electron chi connectivity index (χ0n) is 16.3. The van der Waals surface area contributed by atoms with Gasteiger partial charge in [0.15, 0.2) is 0 Å². The van der Waals surface area contributed by atoms with Gasteiger partial charge in [-0.3, -0.25) is 5.32 Å². The number of aliphatic hydroxyl groups is 1. The average Bonchev–Trinajstić information content (AvgIpc) is 2.76. The largest absolute Gasteiger partial charge is 0.508 e. The molecule has 0 bridgehead atoms. The first-order valence-electron chi connectivity index (χ1n) is 9.79. The van der Waals surface area contributed by atoms with Gasteiger partial charge in [0.05, 0.1) is 12.7 Å². The summed E-state index contributed by atoms with van der Waals surface area (Å²) in [6.45, 7) is 0.569. The summed E-state index contributed by atoms with van der Waals surface area (Å²) in [5, 5.41) is 23.2. The maximum absolute atomic E-state index is 12.1. The van der Waals surface area contributed by atoms with E-state index >= 15 is 0 Å². The molecule has 0 aliphatic carbocycles. The van der Waals surface area contributed by atoms with E-state index in [0.29, 0.717) is 30.0 Å². The van der Waals surface area contributed by atoms with Crippen LogP contribution in [0.1, 0.15) is 22.8 Å². The predicted molar refractivity (Wildman–Crippen MR) is 112 cm³/mol. The molecule has 1 aliphatic heterocycles. The van der Waals surface area contributed by atoms with E-state index in [-0.39, 0.29) is 18.3 Å². The van der Waals surface area contributed by atoms with E-state index < -0.39 is 12.2 Å². The van der Waals surface area contributed by atoms with Gasteiger partial charge in [-0.1, -0.05) is 42.5 Å². The van der Waals surface area contributed by atoms with Gasteiger partial charge < -0.3 is 19.7 Å². The molecular formula is C24H23NO5. The molecule has 0 radical (unpaired) electrons. The van der Waals surface area contributed by atoms with Crippen molar-refractivity contribution in [3.63, 3.8) is 0 Å². The number of phenols is 1. The second-order valence-corrected chi connectivity index (χ2v) is 7.33. The summed E-state index contributed by atoms with van der Waals surface area (Å²) in [6, 6.07) is 21.6. The van der Waals surface area contributed by atoms with Crippen LogP contribution < -0.4 is 10.1 Å². The summed E-state index contributed by atoms with van der Waals surface area (Å²) in [6.07, 6.45) is -0.708. The Labute approximate surface area is 174 Å². The van der Waals surface area contributed by atoms with Crippen molar-refractivity contribution < 1.29 is 24.5 Å². The Morgan fingerprint density at radius 2 is 1.83 bits per heavy atom. The molecule has 154 valence electrons. The summed E-state index contributed by atoms with van der Waals surface area (Å²) in [4.78, 5) is 12.1. The van der Waals surface area contributed by atoms with Crippen LogP contribution in [0.2, 0.25) is 0 Å². The lowest BCUT2D eigenvalue weighted by Crippen LogP contribution is -2.27. The van der Waals surface area contributed by atoms with E-state index in [1.807, 2.05) is 48.5 Å². The van der Waals surface area contributed by atoms with E-state index in [2.05, 4.69) is 5.32 Å². The summed E-state index contributed by atoms with van der Waals surface area (Å²) in [7, 11) is 0. The van der Waals surface area contributed by atoms with E-state index in [0.717, 1.165) is 11.1 Å². The van der Waals surface area contributed by atoms with E-state index in [4.69, 9.17) is 9.47 Å². The third kappa shape index (κ3) is 4.72. The molecule has 0 saturated carbocycles. The smallest absolute Gasteiger partial charge is 0.411 e. The van der Waals surface area contributed by atoms with Crippen LogP contribution in [0.3, 0.4) is 0 Å². The van der Waals surface area contributed by atoms with Crippen molar-refractivity contribution in [1.82, 2.24) is 0 Å². The van der Waals surface area contributed by atoms with E-state index in [1.165, 1.54) is 12.1 Å². The van der Waals surface area contributed by atoms with E-state index in [1.54, 1.807) is 12.1 Å². The van der Waals surface area contributed by atoms with Crippen molar-refractivity contribution in [2.24, 2.45) is 5.92 Å². The quantitative estimate of drug-likeness (QED) is 0.585. The molecule has 3 N–H and O–H groups in total. The van der Waals surface area contributed by atoms with Crippen molar-refractivity contribution in [1.29, 1.82) is 0 Å². The average molecular weight is 405 g/mol. The van der Waals surface area contributed by atoms with Gasteiger partial charge in [0.25, 0.3) is 0 Å². The highest BCUT2D eigenvalue weighted by molar-refractivity contribution is 5.84. The Balaban J connectivity index is 1.37. The van der Waals surface area contributed by atoms with Gasteiger partial charge in [0.2, 0.25) is 0 Å². The van der Waals surface area contributed by atoms with Crippen molar-refractivity contribution >= 4 is 11.8 Å².